The predicted octanol–water partition coefficient (Wildman–Crippen LogP) is 6.71. The Hall–Kier alpha value is -1.24. The van der Waals surface area contributed by atoms with Crippen molar-refractivity contribution in [1.82, 2.24) is 5.32 Å². The zero-order chi connectivity index (χ0) is 26.3. The lowest BCUT2D eigenvalue weighted by Crippen LogP contribution is -2.24. The lowest BCUT2D eigenvalue weighted by Gasteiger charge is -2.19. The van der Waals surface area contributed by atoms with Crippen molar-refractivity contribution >= 4 is 14.6 Å². The summed E-state index contributed by atoms with van der Waals surface area (Å²) in [5, 5.41) is 3.07. The first-order valence-corrected chi connectivity index (χ1v) is 15.0. The van der Waals surface area contributed by atoms with Crippen molar-refractivity contribution in [2.24, 2.45) is 0 Å². The minimum atomic E-state index is -1.99. The highest BCUT2D eigenvalue weighted by atomic mass is 31.2. The van der Waals surface area contributed by atoms with Crippen molar-refractivity contribution in [1.29, 1.82) is 0 Å². The fourth-order valence-corrected chi connectivity index (χ4v) is 4.52. The van der Waals surface area contributed by atoms with Crippen molar-refractivity contribution < 1.29 is 28.2 Å². The van der Waals surface area contributed by atoms with Gasteiger partial charge in [-0.25, -0.2) is 0 Å². The van der Waals surface area contributed by atoms with Crippen LogP contribution < -0.4 is 10.1 Å². The molecule has 2 atom stereocenters. The number of rotatable bonds is 24. The summed E-state index contributed by atoms with van der Waals surface area (Å²) < 4.78 is 22.0. The molecule has 0 aromatic heterocycles. The second-order valence-corrected chi connectivity index (χ2v) is 10.3. The molecule has 1 rings (SSSR count). The summed E-state index contributed by atoms with van der Waals surface area (Å²) in [5.41, 5.74) is 1.01. The number of nitrogens with one attached hydrogen (secondary N) is 1. The highest BCUT2D eigenvalue weighted by molar-refractivity contribution is 7.40. The molecule has 8 heteroatoms. The molecule has 0 aliphatic rings. The monoisotopic (exact) mass is 527 g/mol. The van der Waals surface area contributed by atoms with Crippen LogP contribution in [-0.2, 0) is 25.0 Å². The van der Waals surface area contributed by atoms with Crippen molar-refractivity contribution in [3.63, 3.8) is 0 Å². The summed E-state index contributed by atoms with van der Waals surface area (Å²) in [6.45, 7) is 5.78. The molecule has 0 amide bonds. The number of benzene rings is 1. The smallest absolute Gasteiger partial charge is 0.329 e. The van der Waals surface area contributed by atoms with Gasteiger partial charge in [0.05, 0.1) is 19.8 Å². The molecule has 2 unspecified atom stereocenters. The van der Waals surface area contributed by atoms with Crippen molar-refractivity contribution in [3.05, 3.63) is 29.8 Å². The van der Waals surface area contributed by atoms with Crippen LogP contribution in [0.25, 0.3) is 0 Å². The topological polar surface area (TPSA) is 86.2 Å². The molecule has 0 radical (unpaired) electrons. The molecular formula is C28H50NO6P. The Bertz CT molecular complexity index is 645. The molecule has 1 aromatic carbocycles. The van der Waals surface area contributed by atoms with Gasteiger partial charge in [0.1, 0.15) is 11.9 Å². The molecule has 7 nitrogen and oxygen atoms in total. The summed E-state index contributed by atoms with van der Waals surface area (Å²) in [5.74, 6) is 0.468. The molecule has 0 heterocycles. The fraction of sp³-hybridized carbons (Fsp3) is 0.750. The predicted molar refractivity (Wildman–Crippen MR) is 147 cm³/mol. The number of hydrogen-bond donors (Lipinski definition) is 2. The Balaban J connectivity index is 2.24. The molecule has 0 fully saturated rings. The summed E-state index contributed by atoms with van der Waals surface area (Å²) in [7, 11) is -0.0873. The standard InChI is InChI=1S/C28H50NO6P/c1-4-5-6-7-8-9-10-11-12-14-21-32-27-18-16-26(17-19-27)23-28(35-25(2)30)24-34-36(31)33-22-15-13-20-29-3/h16-19,28-29,31H,4-15,20-24H2,1-3H3. The van der Waals surface area contributed by atoms with Gasteiger partial charge < -0.3 is 28.7 Å². The second kappa shape index (κ2) is 22.9. The highest BCUT2D eigenvalue weighted by Gasteiger charge is 2.17. The summed E-state index contributed by atoms with van der Waals surface area (Å²) in [6.07, 6.45) is 14.9. The van der Waals surface area contributed by atoms with Gasteiger partial charge in [-0.1, -0.05) is 76.8 Å². The third-order valence-electron chi connectivity index (χ3n) is 5.88. The third-order valence-corrected chi connectivity index (χ3v) is 6.65. The van der Waals surface area contributed by atoms with E-state index < -0.39 is 14.7 Å². The largest absolute Gasteiger partial charge is 0.494 e. The van der Waals surface area contributed by atoms with Crippen LogP contribution >= 0.6 is 8.60 Å². The number of hydrogen-bond acceptors (Lipinski definition) is 7. The molecular weight excluding hydrogens is 477 g/mol. The van der Waals surface area contributed by atoms with Crippen LogP contribution in [0.1, 0.15) is 96.5 Å². The minimum absolute atomic E-state index is 0.0787. The first-order chi connectivity index (χ1) is 17.5. The zero-order valence-electron chi connectivity index (χ0n) is 22.8. The van der Waals surface area contributed by atoms with E-state index in [1.165, 1.54) is 64.7 Å². The number of carbonyl (C=O) groups is 1. The molecule has 0 aliphatic heterocycles. The Labute approximate surface area is 220 Å². The molecule has 0 saturated carbocycles. The first kappa shape index (κ1) is 32.8. The molecule has 0 saturated heterocycles. The number of ether oxygens (including phenoxy) is 2. The lowest BCUT2D eigenvalue weighted by molar-refractivity contribution is -0.147. The number of unbranched alkanes of at least 4 members (excludes halogenated alkanes) is 10. The zero-order valence-corrected chi connectivity index (χ0v) is 23.7. The van der Waals surface area contributed by atoms with E-state index in [0.29, 0.717) is 13.0 Å². The minimum Gasteiger partial charge on any atom is -0.494 e. The van der Waals surface area contributed by atoms with Crippen molar-refractivity contribution in [3.8, 4) is 5.75 Å². The van der Waals surface area contributed by atoms with Crippen LogP contribution in [0, 0.1) is 0 Å². The van der Waals surface area contributed by atoms with Crippen LogP contribution in [0.15, 0.2) is 24.3 Å². The third kappa shape index (κ3) is 18.9. The fourth-order valence-electron chi connectivity index (χ4n) is 3.86. The van der Waals surface area contributed by atoms with Crippen LogP contribution in [0.5, 0.6) is 5.75 Å². The maximum Gasteiger partial charge on any atom is 0.329 e. The van der Waals surface area contributed by atoms with E-state index in [1.54, 1.807) is 0 Å². The van der Waals surface area contributed by atoms with E-state index in [4.69, 9.17) is 18.5 Å². The molecule has 0 bridgehead atoms. The van der Waals surface area contributed by atoms with Gasteiger partial charge in [0, 0.05) is 13.3 Å². The maximum absolute atomic E-state index is 11.5. The highest BCUT2D eigenvalue weighted by Crippen LogP contribution is 2.33. The van der Waals surface area contributed by atoms with Crippen molar-refractivity contribution in [2.45, 2.75) is 103 Å². The molecule has 0 aliphatic carbocycles. The molecule has 2 N–H and O–H groups in total. The molecule has 1 aromatic rings. The first-order valence-electron chi connectivity index (χ1n) is 13.8. The van der Waals surface area contributed by atoms with Gasteiger partial charge in [-0.15, -0.1) is 0 Å². The van der Waals surface area contributed by atoms with E-state index >= 15 is 0 Å². The quantitative estimate of drug-likeness (QED) is 0.0877. The summed E-state index contributed by atoms with van der Waals surface area (Å²) in [6, 6.07) is 7.85. The van der Waals surface area contributed by atoms with Gasteiger partial charge in [-0.2, -0.15) is 0 Å². The molecule has 36 heavy (non-hydrogen) atoms. The van der Waals surface area contributed by atoms with Crippen molar-refractivity contribution in [2.75, 3.05) is 33.4 Å². The maximum atomic E-state index is 11.5. The Kier molecular flexibility index (Phi) is 20.9. The van der Waals surface area contributed by atoms with E-state index in [9.17, 15) is 9.69 Å². The normalized spacial score (nSPS) is 12.9. The van der Waals surface area contributed by atoms with E-state index in [0.717, 1.165) is 43.7 Å². The molecule has 0 spiro atoms. The average Bonchev–Trinajstić information content (AvgIpc) is 2.86. The van der Waals surface area contributed by atoms with Gasteiger partial charge >= 0.3 is 14.6 Å². The Morgan fingerprint density at radius 3 is 2.11 bits per heavy atom. The van der Waals surface area contributed by atoms with E-state index in [2.05, 4.69) is 12.2 Å². The summed E-state index contributed by atoms with van der Waals surface area (Å²) in [4.78, 5) is 21.4. The van der Waals surface area contributed by atoms with E-state index in [1.807, 2.05) is 31.3 Å². The van der Waals surface area contributed by atoms with Gasteiger partial charge in [0.25, 0.3) is 0 Å². The van der Waals surface area contributed by atoms with Gasteiger partial charge in [-0.3, -0.25) is 4.79 Å². The number of esters is 1. The van der Waals surface area contributed by atoms with Crippen LogP contribution in [0.2, 0.25) is 0 Å². The Morgan fingerprint density at radius 2 is 1.50 bits per heavy atom. The van der Waals surface area contributed by atoms with Crippen LogP contribution in [0.3, 0.4) is 0 Å². The SMILES string of the molecule is CCCCCCCCCCCCOc1ccc(CC(COP(O)OCCCCNC)OC(C)=O)cc1. The number of carbonyl (C=O) groups excluding carboxylic acids is 1. The van der Waals surface area contributed by atoms with Gasteiger partial charge in [-0.05, 0) is 50.6 Å². The van der Waals surface area contributed by atoms with Gasteiger partial charge in [0.2, 0.25) is 0 Å². The summed E-state index contributed by atoms with van der Waals surface area (Å²) >= 11 is 0. The second-order valence-electron chi connectivity index (χ2n) is 9.29. The van der Waals surface area contributed by atoms with Crippen LogP contribution in [-0.4, -0.2) is 50.4 Å². The Morgan fingerprint density at radius 1 is 0.889 bits per heavy atom. The average molecular weight is 528 g/mol. The lowest BCUT2D eigenvalue weighted by atomic mass is 10.1. The van der Waals surface area contributed by atoms with Crippen LogP contribution in [0.4, 0.5) is 0 Å². The van der Waals surface area contributed by atoms with E-state index in [-0.39, 0.29) is 12.6 Å². The van der Waals surface area contributed by atoms with Gasteiger partial charge in [0.15, 0.2) is 0 Å². The molecule has 208 valence electrons.